The minimum Gasteiger partial charge on any atom is -0.484 e. The SMILES string of the molecule is CC(C)c1ncnc2c1-n1c(=O)nc(C3C4C5CCC(C[C@H]34)N5)c3cc(F)c(nc31)-c1c(F)cccc1OC2C. The lowest BCUT2D eigenvalue weighted by atomic mass is 10.0. The van der Waals surface area contributed by atoms with E-state index in [1.54, 1.807) is 13.0 Å². The van der Waals surface area contributed by atoms with Gasteiger partial charge in [-0.25, -0.2) is 33.1 Å². The van der Waals surface area contributed by atoms with E-state index in [9.17, 15) is 4.79 Å². The van der Waals surface area contributed by atoms with Gasteiger partial charge in [-0.05, 0) is 62.1 Å². The number of nitrogens with one attached hydrogen (secondary N) is 1. The van der Waals surface area contributed by atoms with E-state index >= 15 is 8.78 Å². The van der Waals surface area contributed by atoms with Gasteiger partial charge in [0.05, 0.1) is 22.6 Å². The molecule has 4 aliphatic rings. The Kier molecular flexibility index (Phi) is 5.02. The molecule has 8 rings (SSSR count). The highest BCUT2D eigenvalue weighted by molar-refractivity contribution is 5.85. The van der Waals surface area contributed by atoms with Gasteiger partial charge in [0.2, 0.25) is 0 Å². The normalized spacial score (nSPS) is 27.8. The molecule has 1 aliphatic carbocycles. The third-order valence-electron chi connectivity index (χ3n) is 9.24. The summed E-state index contributed by atoms with van der Waals surface area (Å²) in [5.74, 6) is -0.476. The first-order valence-electron chi connectivity index (χ1n) is 14.0. The second-order valence-corrected chi connectivity index (χ2v) is 11.9. The highest BCUT2D eigenvalue weighted by Gasteiger charge is 2.61. The molecule has 6 heterocycles. The maximum Gasteiger partial charge on any atom is 0.354 e. The first kappa shape index (κ1) is 24.0. The van der Waals surface area contributed by atoms with Crippen LogP contribution in [0.3, 0.4) is 0 Å². The van der Waals surface area contributed by atoms with Gasteiger partial charge in [0, 0.05) is 23.4 Å². The monoisotopic (exact) mass is 542 g/mol. The van der Waals surface area contributed by atoms with Crippen LogP contribution in [0.15, 0.2) is 35.4 Å². The summed E-state index contributed by atoms with van der Waals surface area (Å²) in [6.45, 7) is 5.72. The second-order valence-electron chi connectivity index (χ2n) is 11.9. The Labute approximate surface area is 228 Å². The predicted octanol–water partition coefficient (Wildman–Crippen LogP) is 4.95. The first-order chi connectivity index (χ1) is 19.3. The number of benzene rings is 1. The molecule has 1 N–H and O–H groups in total. The quantitative estimate of drug-likeness (QED) is 0.383. The number of nitrogens with zero attached hydrogens (tertiary/aromatic N) is 5. The van der Waals surface area contributed by atoms with Crippen molar-refractivity contribution in [1.82, 2.24) is 29.8 Å². The smallest absolute Gasteiger partial charge is 0.354 e. The number of fused-ring (bicyclic) bond motifs is 9. The number of pyridine rings is 1. The zero-order valence-electron chi connectivity index (χ0n) is 22.4. The lowest BCUT2D eigenvalue weighted by Gasteiger charge is -2.25. The van der Waals surface area contributed by atoms with Crippen LogP contribution in [-0.4, -0.2) is 36.6 Å². The number of hydrogen-bond acceptors (Lipinski definition) is 7. The third kappa shape index (κ3) is 3.28. The molecule has 40 heavy (non-hydrogen) atoms. The van der Waals surface area contributed by atoms with Crippen molar-refractivity contribution in [2.75, 3.05) is 0 Å². The van der Waals surface area contributed by atoms with Crippen LogP contribution in [0.25, 0.3) is 28.0 Å². The Hall–Kier alpha value is -3.79. The van der Waals surface area contributed by atoms with Crippen molar-refractivity contribution in [3.8, 4) is 22.7 Å². The average Bonchev–Trinajstić information content (AvgIpc) is 3.52. The summed E-state index contributed by atoms with van der Waals surface area (Å²) in [5, 5.41) is 4.17. The summed E-state index contributed by atoms with van der Waals surface area (Å²) in [7, 11) is 0. The molecule has 0 radical (unpaired) electrons. The predicted molar refractivity (Wildman–Crippen MR) is 143 cm³/mol. The minimum atomic E-state index is -0.710. The van der Waals surface area contributed by atoms with Gasteiger partial charge in [0.25, 0.3) is 0 Å². The van der Waals surface area contributed by atoms with E-state index in [0.717, 1.165) is 12.8 Å². The molecular formula is C30H28F2N6O2. The van der Waals surface area contributed by atoms with Gasteiger partial charge in [-0.3, -0.25) is 0 Å². The summed E-state index contributed by atoms with van der Waals surface area (Å²) in [4.78, 5) is 32.4. The van der Waals surface area contributed by atoms with Gasteiger partial charge in [-0.15, -0.1) is 0 Å². The first-order valence-corrected chi connectivity index (χ1v) is 14.0. The van der Waals surface area contributed by atoms with Gasteiger partial charge in [0.1, 0.15) is 35.4 Å². The molecule has 2 saturated heterocycles. The van der Waals surface area contributed by atoms with Crippen LogP contribution in [0.5, 0.6) is 5.75 Å². The van der Waals surface area contributed by atoms with E-state index in [0.29, 0.717) is 52.1 Å². The van der Waals surface area contributed by atoms with Crippen molar-refractivity contribution in [3.05, 3.63) is 69.8 Å². The maximum absolute atomic E-state index is 16.0. The standard InChI is InChI=1S/C30H28F2N6O2/c1-12(2)24-28-25(34-11-33-24)13(3)40-20-6-4-5-17(31)23(20)27-18(32)10-16-26(37-30(39)38(28)29(16)36-27)22-15-9-14-7-8-19(35-14)21(15)22/h4-6,10-15,19,21-22,35H,7-9H2,1-3H3/t13?,14?,15-,19?,21?,22?/m0/s1. The number of piperidine rings is 1. The fraction of sp³-hybridized carbons (Fsp3) is 0.433. The van der Waals surface area contributed by atoms with Crippen molar-refractivity contribution < 1.29 is 13.5 Å². The third-order valence-corrected chi connectivity index (χ3v) is 9.24. The summed E-state index contributed by atoms with van der Waals surface area (Å²) in [6.07, 6.45) is 4.02. The van der Waals surface area contributed by atoms with Gasteiger partial charge in [-0.1, -0.05) is 19.9 Å². The fourth-order valence-corrected chi connectivity index (χ4v) is 7.51. The van der Waals surface area contributed by atoms with Crippen LogP contribution >= 0.6 is 0 Å². The van der Waals surface area contributed by atoms with Gasteiger partial charge >= 0.3 is 5.69 Å². The molecule has 4 bridgehead atoms. The maximum atomic E-state index is 16.0. The van der Waals surface area contributed by atoms with Crippen molar-refractivity contribution >= 4 is 11.0 Å². The molecular weight excluding hydrogens is 514 g/mol. The number of aromatic nitrogens is 5. The van der Waals surface area contributed by atoms with Crippen molar-refractivity contribution in [3.63, 3.8) is 0 Å². The fourth-order valence-electron chi connectivity index (χ4n) is 7.51. The molecule has 4 aromatic rings. The van der Waals surface area contributed by atoms with Gasteiger partial charge in [-0.2, -0.15) is 4.98 Å². The van der Waals surface area contributed by atoms with E-state index in [1.165, 1.54) is 35.5 Å². The molecule has 8 nitrogen and oxygen atoms in total. The van der Waals surface area contributed by atoms with Crippen LogP contribution in [-0.2, 0) is 0 Å². The van der Waals surface area contributed by atoms with Crippen LogP contribution in [0.4, 0.5) is 8.78 Å². The molecule has 1 saturated carbocycles. The Morgan fingerprint density at radius 1 is 1.10 bits per heavy atom. The molecule has 204 valence electrons. The number of halogens is 2. The lowest BCUT2D eigenvalue weighted by molar-refractivity contribution is 0.221. The minimum absolute atomic E-state index is 0.0509. The molecule has 10 heteroatoms. The number of ether oxygens (including phenoxy) is 1. The molecule has 0 spiro atoms. The van der Waals surface area contributed by atoms with Crippen molar-refractivity contribution in [2.45, 2.75) is 70.1 Å². The topological polar surface area (TPSA) is 94.8 Å². The lowest BCUT2D eigenvalue weighted by Crippen LogP contribution is -2.35. The van der Waals surface area contributed by atoms with Crippen LogP contribution in [0.2, 0.25) is 0 Å². The average molecular weight is 543 g/mol. The Bertz CT molecular complexity index is 1790. The molecule has 0 amide bonds. The second kappa shape index (κ2) is 8.36. The molecule has 3 fully saturated rings. The Morgan fingerprint density at radius 2 is 1.95 bits per heavy atom. The van der Waals surface area contributed by atoms with Crippen molar-refractivity contribution in [2.24, 2.45) is 11.8 Å². The number of rotatable bonds is 2. The van der Waals surface area contributed by atoms with Crippen LogP contribution in [0, 0.1) is 23.5 Å². The summed E-state index contributed by atoms with van der Waals surface area (Å²) in [5.41, 5.74) is 1.47. The molecule has 6 atom stereocenters. The highest BCUT2D eigenvalue weighted by Crippen LogP contribution is 2.63. The highest BCUT2D eigenvalue weighted by atomic mass is 19.1. The molecule has 5 unspecified atom stereocenters. The summed E-state index contributed by atoms with van der Waals surface area (Å²) < 4.78 is 38.9. The zero-order chi connectivity index (χ0) is 27.4. The van der Waals surface area contributed by atoms with E-state index in [4.69, 9.17) is 9.72 Å². The largest absolute Gasteiger partial charge is 0.484 e. The van der Waals surface area contributed by atoms with E-state index < -0.39 is 23.4 Å². The Morgan fingerprint density at radius 3 is 2.77 bits per heavy atom. The number of hydrogen-bond donors (Lipinski definition) is 1. The van der Waals surface area contributed by atoms with Gasteiger partial charge < -0.3 is 10.1 Å². The molecule has 3 aromatic heterocycles. The summed E-state index contributed by atoms with van der Waals surface area (Å²) in [6, 6.07) is 6.59. The Balaban J connectivity index is 1.48. The van der Waals surface area contributed by atoms with Crippen LogP contribution in [0.1, 0.15) is 75.1 Å². The zero-order valence-corrected chi connectivity index (χ0v) is 22.4. The van der Waals surface area contributed by atoms with Crippen molar-refractivity contribution in [1.29, 1.82) is 0 Å². The van der Waals surface area contributed by atoms with E-state index in [1.807, 2.05) is 13.8 Å². The van der Waals surface area contributed by atoms with Crippen LogP contribution < -0.4 is 15.7 Å². The summed E-state index contributed by atoms with van der Waals surface area (Å²) >= 11 is 0. The van der Waals surface area contributed by atoms with E-state index in [2.05, 4.69) is 20.3 Å². The molecule has 1 aromatic carbocycles. The van der Waals surface area contributed by atoms with E-state index in [-0.39, 0.29) is 34.5 Å². The van der Waals surface area contributed by atoms with Gasteiger partial charge in [0.15, 0.2) is 11.5 Å². The molecule has 3 aliphatic heterocycles.